The Morgan fingerprint density at radius 2 is 1.62 bits per heavy atom. The number of rotatable bonds is 11. The molecule has 0 aliphatic heterocycles. The number of carboxylic acid groups (broad SMARTS) is 1. The van der Waals surface area contributed by atoms with Crippen molar-refractivity contribution in [2.75, 3.05) is 26.7 Å². The number of ether oxygens (including phenoxy) is 1. The monoisotopic (exact) mass is 466 g/mol. The Morgan fingerprint density at radius 3 is 2.18 bits per heavy atom. The molecule has 2 amide bonds. The lowest BCUT2D eigenvalue weighted by atomic mass is 9.85. The number of amides is 2. The zero-order valence-corrected chi connectivity index (χ0v) is 20.2. The Kier molecular flexibility index (Phi) is 8.31. The Bertz CT molecular complexity index is 992. The van der Waals surface area contributed by atoms with E-state index >= 15 is 0 Å². The van der Waals surface area contributed by atoms with Gasteiger partial charge in [0, 0.05) is 32.5 Å². The maximum atomic E-state index is 13.0. The van der Waals surface area contributed by atoms with Crippen LogP contribution >= 0.6 is 0 Å². The van der Waals surface area contributed by atoms with Gasteiger partial charge in [-0.05, 0) is 48.4 Å². The van der Waals surface area contributed by atoms with Crippen molar-refractivity contribution in [1.29, 1.82) is 0 Å². The van der Waals surface area contributed by atoms with Crippen LogP contribution in [0.1, 0.15) is 56.6 Å². The standard InChI is InChI=1S/C27H34N2O5/c1-4-27(2,25(32)29(3)16-10-9-15-24(30)31)18-28-26(33)34-17-23-21-13-7-5-11-19(21)20-12-6-8-14-22(20)23/h5-8,11-14,23H,4,9-10,15-18H2,1-3H3,(H,28,33)(H,30,31). The lowest BCUT2D eigenvalue weighted by Gasteiger charge is -2.32. The van der Waals surface area contributed by atoms with Gasteiger partial charge < -0.3 is 20.1 Å². The number of carboxylic acids is 1. The summed E-state index contributed by atoms with van der Waals surface area (Å²) in [6, 6.07) is 16.3. The molecular weight excluding hydrogens is 432 g/mol. The van der Waals surface area contributed by atoms with Crippen LogP contribution in [0.5, 0.6) is 0 Å². The number of nitrogens with zero attached hydrogens (tertiary/aromatic N) is 1. The molecular formula is C27H34N2O5. The second kappa shape index (κ2) is 11.2. The summed E-state index contributed by atoms with van der Waals surface area (Å²) in [6.07, 6.45) is 1.24. The molecule has 0 bridgehead atoms. The van der Waals surface area contributed by atoms with Gasteiger partial charge in [-0.3, -0.25) is 9.59 Å². The molecule has 0 heterocycles. The Morgan fingerprint density at radius 1 is 1.03 bits per heavy atom. The third-order valence-electron chi connectivity index (χ3n) is 6.74. The van der Waals surface area contributed by atoms with Gasteiger partial charge in [0.25, 0.3) is 0 Å². The number of unbranched alkanes of at least 4 members (excludes halogenated alkanes) is 1. The first kappa shape index (κ1) is 25.3. The molecule has 1 aliphatic rings. The van der Waals surface area contributed by atoms with E-state index in [-0.39, 0.29) is 31.4 Å². The van der Waals surface area contributed by atoms with Crippen LogP contribution < -0.4 is 5.32 Å². The number of nitrogens with one attached hydrogen (secondary N) is 1. The zero-order valence-electron chi connectivity index (χ0n) is 20.2. The molecule has 1 atom stereocenters. The third kappa shape index (κ3) is 5.76. The Labute approximate surface area is 201 Å². The first-order chi connectivity index (χ1) is 16.3. The molecule has 34 heavy (non-hydrogen) atoms. The van der Waals surface area contributed by atoms with E-state index in [1.165, 1.54) is 11.1 Å². The summed E-state index contributed by atoms with van der Waals surface area (Å²) in [5.41, 5.74) is 3.86. The quantitative estimate of drug-likeness (QED) is 0.470. The van der Waals surface area contributed by atoms with E-state index in [4.69, 9.17) is 9.84 Å². The molecule has 2 aromatic rings. The van der Waals surface area contributed by atoms with Gasteiger partial charge in [0.05, 0.1) is 5.41 Å². The van der Waals surface area contributed by atoms with Gasteiger partial charge in [0.2, 0.25) is 5.91 Å². The average molecular weight is 467 g/mol. The lowest BCUT2D eigenvalue weighted by Crippen LogP contribution is -2.47. The molecule has 0 saturated heterocycles. The van der Waals surface area contributed by atoms with Crippen LogP contribution in [0.2, 0.25) is 0 Å². The second-order valence-corrected chi connectivity index (χ2v) is 9.17. The highest BCUT2D eigenvalue weighted by molar-refractivity contribution is 5.83. The van der Waals surface area contributed by atoms with Gasteiger partial charge in [-0.1, -0.05) is 55.5 Å². The predicted octanol–water partition coefficient (Wildman–Crippen LogP) is 4.65. The highest BCUT2D eigenvalue weighted by atomic mass is 16.5. The summed E-state index contributed by atoms with van der Waals surface area (Å²) in [5, 5.41) is 11.5. The zero-order chi connectivity index (χ0) is 24.7. The second-order valence-electron chi connectivity index (χ2n) is 9.17. The van der Waals surface area contributed by atoms with Gasteiger partial charge in [-0.25, -0.2) is 4.79 Å². The maximum absolute atomic E-state index is 13.0. The summed E-state index contributed by atoms with van der Waals surface area (Å²) >= 11 is 0. The van der Waals surface area contributed by atoms with Crippen LogP contribution in [-0.4, -0.2) is 54.7 Å². The molecule has 7 nitrogen and oxygen atoms in total. The van der Waals surface area contributed by atoms with E-state index in [0.717, 1.165) is 11.1 Å². The van der Waals surface area contributed by atoms with Crippen LogP contribution in [0.3, 0.4) is 0 Å². The molecule has 2 aromatic carbocycles. The molecule has 0 spiro atoms. The molecule has 3 rings (SSSR count). The molecule has 0 radical (unpaired) electrons. The predicted molar refractivity (Wildman–Crippen MR) is 131 cm³/mol. The van der Waals surface area contributed by atoms with Crippen molar-refractivity contribution in [1.82, 2.24) is 10.2 Å². The summed E-state index contributed by atoms with van der Waals surface area (Å²) in [6.45, 7) is 4.60. The minimum absolute atomic E-state index is 0.0192. The van der Waals surface area contributed by atoms with Crippen molar-refractivity contribution in [2.45, 2.75) is 45.4 Å². The van der Waals surface area contributed by atoms with Crippen molar-refractivity contribution in [3.8, 4) is 11.1 Å². The fourth-order valence-corrected chi connectivity index (χ4v) is 4.46. The van der Waals surface area contributed by atoms with E-state index in [0.29, 0.717) is 25.8 Å². The molecule has 0 aromatic heterocycles. The van der Waals surface area contributed by atoms with E-state index in [1.807, 2.05) is 38.1 Å². The summed E-state index contributed by atoms with van der Waals surface area (Å²) in [7, 11) is 1.71. The van der Waals surface area contributed by atoms with Crippen LogP contribution in [0, 0.1) is 5.41 Å². The number of alkyl carbamates (subject to hydrolysis) is 1. The maximum Gasteiger partial charge on any atom is 0.407 e. The smallest absolute Gasteiger partial charge is 0.407 e. The van der Waals surface area contributed by atoms with Crippen molar-refractivity contribution < 1.29 is 24.2 Å². The number of carbonyl (C=O) groups excluding carboxylic acids is 2. The summed E-state index contributed by atoms with van der Waals surface area (Å²) in [4.78, 5) is 37.8. The molecule has 0 saturated carbocycles. The molecule has 0 fully saturated rings. The largest absolute Gasteiger partial charge is 0.481 e. The van der Waals surface area contributed by atoms with Crippen LogP contribution in [-0.2, 0) is 14.3 Å². The third-order valence-corrected chi connectivity index (χ3v) is 6.74. The summed E-state index contributed by atoms with van der Waals surface area (Å²) < 4.78 is 5.59. The van der Waals surface area contributed by atoms with Crippen LogP contribution in [0.15, 0.2) is 48.5 Å². The van der Waals surface area contributed by atoms with Gasteiger partial charge in [0.1, 0.15) is 6.61 Å². The number of aliphatic carboxylic acids is 1. The van der Waals surface area contributed by atoms with E-state index in [9.17, 15) is 14.4 Å². The highest BCUT2D eigenvalue weighted by Gasteiger charge is 2.35. The minimum Gasteiger partial charge on any atom is -0.481 e. The molecule has 2 N–H and O–H groups in total. The molecule has 1 aliphatic carbocycles. The number of hydrogen-bond acceptors (Lipinski definition) is 4. The normalized spacial score (nSPS) is 14.0. The van der Waals surface area contributed by atoms with Crippen molar-refractivity contribution >= 4 is 18.0 Å². The van der Waals surface area contributed by atoms with Crippen molar-refractivity contribution in [3.05, 3.63) is 59.7 Å². The first-order valence-electron chi connectivity index (χ1n) is 11.8. The topological polar surface area (TPSA) is 95.9 Å². The number of benzene rings is 2. The minimum atomic E-state index is -0.834. The average Bonchev–Trinajstić information content (AvgIpc) is 3.16. The fourth-order valence-electron chi connectivity index (χ4n) is 4.46. The lowest BCUT2D eigenvalue weighted by molar-refractivity contribution is -0.139. The van der Waals surface area contributed by atoms with Crippen LogP contribution in [0.4, 0.5) is 4.79 Å². The number of hydrogen-bond donors (Lipinski definition) is 2. The van der Waals surface area contributed by atoms with Crippen molar-refractivity contribution in [3.63, 3.8) is 0 Å². The van der Waals surface area contributed by atoms with Gasteiger partial charge >= 0.3 is 12.1 Å². The Hall–Kier alpha value is -3.35. The van der Waals surface area contributed by atoms with E-state index in [2.05, 4.69) is 29.6 Å². The van der Waals surface area contributed by atoms with Gasteiger partial charge in [-0.15, -0.1) is 0 Å². The molecule has 182 valence electrons. The fraction of sp³-hybridized carbons (Fsp3) is 0.444. The van der Waals surface area contributed by atoms with Gasteiger partial charge in [-0.2, -0.15) is 0 Å². The van der Waals surface area contributed by atoms with Crippen molar-refractivity contribution in [2.24, 2.45) is 5.41 Å². The molecule has 1 unspecified atom stereocenters. The Balaban J connectivity index is 1.53. The summed E-state index contributed by atoms with van der Waals surface area (Å²) in [5.74, 6) is -0.932. The number of carbonyl (C=O) groups is 3. The highest BCUT2D eigenvalue weighted by Crippen LogP contribution is 2.44. The van der Waals surface area contributed by atoms with E-state index < -0.39 is 17.5 Å². The van der Waals surface area contributed by atoms with E-state index in [1.54, 1.807) is 11.9 Å². The number of fused-ring (bicyclic) bond motifs is 3. The SMILES string of the molecule is CCC(C)(CNC(=O)OCC1c2ccccc2-c2ccccc21)C(=O)N(C)CCCCC(=O)O. The van der Waals surface area contributed by atoms with Crippen LogP contribution in [0.25, 0.3) is 11.1 Å². The molecule has 7 heteroatoms. The van der Waals surface area contributed by atoms with Gasteiger partial charge in [0.15, 0.2) is 0 Å². The first-order valence-corrected chi connectivity index (χ1v) is 11.8.